The van der Waals surface area contributed by atoms with Gasteiger partial charge in [0.15, 0.2) is 5.82 Å². The average molecular weight is 196 g/mol. The summed E-state index contributed by atoms with van der Waals surface area (Å²) in [6.45, 7) is 3.14. The number of hydrogen-bond acceptors (Lipinski definition) is 3. The Labute approximate surface area is 81.1 Å². The van der Waals surface area contributed by atoms with Gasteiger partial charge in [0.05, 0.1) is 6.54 Å². The highest BCUT2D eigenvalue weighted by Crippen LogP contribution is 2.02. The molecule has 0 spiro atoms. The molecule has 0 atom stereocenters. The molecule has 1 aromatic heterocycles. The van der Waals surface area contributed by atoms with Crippen LogP contribution in [0.2, 0.25) is 0 Å². The molecule has 0 fully saturated rings. The lowest BCUT2D eigenvalue weighted by molar-refractivity contribution is -0.122. The molecule has 0 unspecified atom stereocenters. The van der Waals surface area contributed by atoms with Crippen LogP contribution in [-0.4, -0.2) is 28.6 Å². The third-order valence-electron chi connectivity index (χ3n) is 1.47. The number of carbonyl (C=O) groups is 2. The van der Waals surface area contributed by atoms with Crippen LogP contribution in [0.25, 0.3) is 0 Å². The molecule has 1 rings (SSSR count). The molecule has 0 saturated heterocycles. The first kappa shape index (κ1) is 10.2. The second-order valence-electron chi connectivity index (χ2n) is 2.89. The van der Waals surface area contributed by atoms with Gasteiger partial charge in [0, 0.05) is 18.7 Å². The topological polar surface area (TPSA) is 86.9 Å². The Morgan fingerprint density at radius 1 is 1.57 bits per heavy atom. The summed E-state index contributed by atoms with van der Waals surface area (Å²) in [5.74, 6) is -0.0806. The van der Waals surface area contributed by atoms with E-state index in [4.69, 9.17) is 0 Å². The zero-order valence-corrected chi connectivity index (χ0v) is 8.05. The summed E-state index contributed by atoms with van der Waals surface area (Å²) in [6.07, 6.45) is 0. The lowest BCUT2D eigenvalue weighted by Crippen LogP contribution is -2.31. The van der Waals surface area contributed by atoms with E-state index in [9.17, 15) is 9.59 Å². The molecule has 1 aromatic rings. The standard InChI is InChI=1S/C8H12N4O2/c1-5-3-7(12-11-5)10-8(14)4-9-6(2)13/h3H,4H2,1-2H3,(H,9,13)(H2,10,11,12,14). The number of carbonyl (C=O) groups excluding carboxylic acids is 2. The van der Waals surface area contributed by atoms with Crippen molar-refractivity contribution in [3.8, 4) is 0 Å². The number of aromatic nitrogens is 2. The van der Waals surface area contributed by atoms with E-state index in [2.05, 4.69) is 20.8 Å². The average Bonchev–Trinajstić information content (AvgIpc) is 2.48. The molecule has 76 valence electrons. The molecule has 0 saturated carbocycles. The number of amides is 2. The van der Waals surface area contributed by atoms with E-state index in [0.29, 0.717) is 5.82 Å². The first-order valence-electron chi connectivity index (χ1n) is 4.14. The fourth-order valence-electron chi connectivity index (χ4n) is 0.874. The van der Waals surface area contributed by atoms with Gasteiger partial charge in [0.1, 0.15) is 0 Å². The van der Waals surface area contributed by atoms with E-state index in [1.54, 1.807) is 6.07 Å². The van der Waals surface area contributed by atoms with Crippen molar-refractivity contribution in [3.05, 3.63) is 11.8 Å². The van der Waals surface area contributed by atoms with Crippen LogP contribution in [0.1, 0.15) is 12.6 Å². The zero-order chi connectivity index (χ0) is 10.6. The second kappa shape index (κ2) is 4.40. The molecule has 2 amide bonds. The van der Waals surface area contributed by atoms with Crippen molar-refractivity contribution >= 4 is 17.6 Å². The monoisotopic (exact) mass is 196 g/mol. The first-order valence-corrected chi connectivity index (χ1v) is 4.14. The van der Waals surface area contributed by atoms with Gasteiger partial charge in [-0.3, -0.25) is 14.7 Å². The van der Waals surface area contributed by atoms with Crippen LogP contribution in [0, 0.1) is 6.92 Å². The summed E-state index contributed by atoms with van der Waals surface area (Å²) < 4.78 is 0. The maximum atomic E-state index is 11.1. The van der Waals surface area contributed by atoms with Crippen LogP contribution in [0.4, 0.5) is 5.82 Å². The van der Waals surface area contributed by atoms with E-state index in [1.807, 2.05) is 6.92 Å². The Hall–Kier alpha value is -1.85. The molecule has 6 heteroatoms. The molecular formula is C8H12N4O2. The van der Waals surface area contributed by atoms with Crippen molar-refractivity contribution in [2.75, 3.05) is 11.9 Å². The first-order chi connectivity index (χ1) is 6.58. The zero-order valence-electron chi connectivity index (χ0n) is 8.05. The summed E-state index contributed by atoms with van der Waals surface area (Å²) in [4.78, 5) is 21.6. The number of aryl methyl sites for hydroxylation is 1. The van der Waals surface area contributed by atoms with E-state index in [1.165, 1.54) is 6.92 Å². The van der Waals surface area contributed by atoms with E-state index in [-0.39, 0.29) is 18.4 Å². The molecule has 0 aromatic carbocycles. The molecule has 0 aliphatic rings. The quantitative estimate of drug-likeness (QED) is 0.625. The Bertz CT molecular complexity index is 345. The van der Waals surface area contributed by atoms with Crippen LogP contribution in [0.5, 0.6) is 0 Å². The van der Waals surface area contributed by atoms with Crippen LogP contribution in [0.15, 0.2) is 6.07 Å². The Kier molecular flexibility index (Phi) is 3.22. The van der Waals surface area contributed by atoms with Gasteiger partial charge in [-0.15, -0.1) is 0 Å². The SMILES string of the molecule is CC(=O)NCC(=O)Nc1cc(C)[nH]n1. The van der Waals surface area contributed by atoms with Crippen molar-refractivity contribution in [2.45, 2.75) is 13.8 Å². The number of H-pyrrole nitrogens is 1. The molecule has 1 heterocycles. The van der Waals surface area contributed by atoms with Gasteiger partial charge in [-0.05, 0) is 6.92 Å². The summed E-state index contributed by atoms with van der Waals surface area (Å²) in [5, 5.41) is 11.4. The van der Waals surface area contributed by atoms with Crippen molar-refractivity contribution in [2.24, 2.45) is 0 Å². The molecular weight excluding hydrogens is 184 g/mol. The minimum absolute atomic E-state index is 0.0404. The summed E-state index contributed by atoms with van der Waals surface area (Å²) in [6, 6.07) is 1.70. The maximum Gasteiger partial charge on any atom is 0.244 e. The van der Waals surface area contributed by atoms with Crippen molar-refractivity contribution in [3.63, 3.8) is 0 Å². The molecule has 0 aliphatic heterocycles. The Morgan fingerprint density at radius 3 is 2.79 bits per heavy atom. The molecule has 0 radical (unpaired) electrons. The van der Waals surface area contributed by atoms with E-state index >= 15 is 0 Å². The van der Waals surface area contributed by atoms with Gasteiger partial charge in [-0.1, -0.05) is 0 Å². The number of rotatable bonds is 3. The molecule has 14 heavy (non-hydrogen) atoms. The molecule has 3 N–H and O–H groups in total. The predicted molar refractivity (Wildman–Crippen MR) is 50.6 cm³/mol. The Balaban J connectivity index is 2.37. The normalized spacial score (nSPS) is 9.57. The largest absolute Gasteiger partial charge is 0.347 e. The highest BCUT2D eigenvalue weighted by atomic mass is 16.2. The van der Waals surface area contributed by atoms with Crippen molar-refractivity contribution in [1.29, 1.82) is 0 Å². The highest BCUT2D eigenvalue weighted by Gasteiger charge is 2.04. The smallest absolute Gasteiger partial charge is 0.244 e. The van der Waals surface area contributed by atoms with Gasteiger partial charge in [0.2, 0.25) is 11.8 Å². The number of nitrogens with zero attached hydrogens (tertiary/aromatic N) is 1. The van der Waals surface area contributed by atoms with E-state index < -0.39 is 0 Å². The fourth-order valence-corrected chi connectivity index (χ4v) is 0.874. The number of nitrogens with one attached hydrogen (secondary N) is 3. The lowest BCUT2D eigenvalue weighted by atomic mass is 10.4. The summed E-state index contributed by atoms with van der Waals surface area (Å²) >= 11 is 0. The van der Waals surface area contributed by atoms with Gasteiger partial charge in [-0.2, -0.15) is 5.10 Å². The van der Waals surface area contributed by atoms with Crippen LogP contribution >= 0.6 is 0 Å². The maximum absolute atomic E-state index is 11.1. The van der Waals surface area contributed by atoms with Gasteiger partial charge < -0.3 is 10.6 Å². The second-order valence-corrected chi connectivity index (χ2v) is 2.89. The third-order valence-corrected chi connectivity index (χ3v) is 1.47. The van der Waals surface area contributed by atoms with Crippen molar-refractivity contribution < 1.29 is 9.59 Å². The Morgan fingerprint density at radius 2 is 2.29 bits per heavy atom. The fraction of sp³-hybridized carbons (Fsp3) is 0.375. The number of aromatic amines is 1. The van der Waals surface area contributed by atoms with Gasteiger partial charge in [-0.25, -0.2) is 0 Å². The van der Waals surface area contributed by atoms with Crippen LogP contribution in [0.3, 0.4) is 0 Å². The minimum Gasteiger partial charge on any atom is -0.347 e. The number of hydrogen-bond donors (Lipinski definition) is 3. The summed E-state index contributed by atoms with van der Waals surface area (Å²) in [5.41, 5.74) is 0.861. The number of anilines is 1. The van der Waals surface area contributed by atoms with Gasteiger partial charge in [0.25, 0.3) is 0 Å². The highest BCUT2D eigenvalue weighted by molar-refractivity contribution is 5.93. The molecule has 0 aliphatic carbocycles. The predicted octanol–water partition coefficient (Wildman–Crippen LogP) is -0.207. The van der Waals surface area contributed by atoms with Crippen molar-refractivity contribution in [1.82, 2.24) is 15.5 Å². The lowest BCUT2D eigenvalue weighted by Gasteiger charge is -2.01. The molecule has 0 bridgehead atoms. The van der Waals surface area contributed by atoms with Crippen LogP contribution in [-0.2, 0) is 9.59 Å². The third kappa shape index (κ3) is 3.26. The van der Waals surface area contributed by atoms with E-state index in [0.717, 1.165) is 5.69 Å². The van der Waals surface area contributed by atoms with Gasteiger partial charge >= 0.3 is 0 Å². The minimum atomic E-state index is -0.299. The summed E-state index contributed by atoms with van der Waals surface area (Å²) in [7, 11) is 0. The van der Waals surface area contributed by atoms with Crippen LogP contribution < -0.4 is 10.6 Å². The molecule has 6 nitrogen and oxygen atoms in total.